The zero-order valence-corrected chi connectivity index (χ0v) is 14.5. The predicted octanol–water partition coefficient (Wildman–Crippen LogP) is 4.64. The van der Waals surface area contributed by atoms with Crippen LogP contribution in [0.4, 0.5) is 13.2 Å². The summed E-state index contributed by atoms with van der Waals surface area (Å²) in [6.07, 6.45) is -1.53. The number of rotatable bonds is 5. The van der Waals surface area contributed by atoms with Crippen LogP contribution in [0.2, 0.25) is 0 Å². The predicted molar refractivity (Wildman–Crippen MR) is 94.2 cm³/mol. The highest BCUT2D eigenvalue weighted by molar-refractivity contribution is 5.95. The highest BCUT2D eigenvalue weighted by Gasteiger charge is 2.36. The van der Waals surface area contributed by atoms with E-state index in [9.17, 15) is 18.0 Å². The molecule has 2 aromatic heterocycles. The first kappa shape index (κ1) is 18.7. The molecule has 4 nitrogen and oxygen atoms in total. The lowest BCUT2D eigenvalue weighted by Crippen LogP contribution is -2.28. The van der Waals surface area contributed by atoms with Crippen molar-refractivity contribution in [3.05, 3.63) is 77.5 Å². The number of nitrogens with one attached hydrogen (secondary N) is 1. The first-order valence-electron chi connectivity index (χ1n) is 8.30. The van der Waals surface area contributed by atoms with Gasteiger partial charge in [-0.15, -0.1) is 0 Å². The molecule has 0 aliphatic carbocycles. The molecule has 0 saturated carbocycles. The van der Waals surface area contributed by atoms with Crippen LogP contribution >= 0.6 is 0 Å². The van der Waals surface area contributed by atoms with E-state index in [2.05, 4.69) is 10.3 Å². The highest BCUT2D eigenvalue weighted by atomic mass is 19.4. The summed E-state index contributed by atoms with van der Waals surface area (Å²) >= 11 is 0. The number of pyridine rings is 1. The number of aryl methyl sites for hydroxylation is 1. The Morgan fingerprint density at radius 3 is 2.52 bits per heavy atom. The lowest BCUT2D eigenvalue weighted by molar-refractivity contribution is -0.141. The van der Waals surface area contributed by atoms with E-state index in [1.165, 1.54) is 6.07 Å². The van der Waals surface area contributed by atoms with Gasteiger partial charge in [-0.25, -0.2) is 0 Å². The Morgan fingerprint density at radius 2 is 1.89 bits per heavy atom. The molecule has 0 fully saturated rings. The van der Waals surface area contributed by atoms with Gasteiger partial charge in [0.05, 0.1) is 11.8 Å². The number of benzene rings is 1. The summed E-state index contributed by atoms with van der Waals surface area (Å²) in [6, 6.07) is 12.0. The van der Waals surface area contributed by atoms with Crippen LogP contribution in [0.5, 0.6) is 0 Å². The summed E-state index contributed by atoms with van der Waals surface area (Å²) in [4.78, 5) is 15.4. The van der Waals surface area contributed by atoms with Crippen molar-refractivity contribution in [1.82, 2.24) is 10.3 Å². The van der Waals surface area contributed by atoms with E-state index in [1.807, 2.05) is 37.3 Å². The van der Waals surface area contributed by atoms with Crippen molar-refractivity contribution in [2.45, 2.75) is 19.5 Å². The van der Waals surface area contributed by atoms with Gasteiger partial charge in [0.25, 0.3) is 5.91 Å². The molecule has 0 aliphatic rings. The Balaban J connectivity index is 1.61. The molecule has 2 heterocycles. The number of hydrogen-bond donors (Lipinski definition) is 1. The molecule has 1 N–H and O–H groups in total. The van der Waals surface area contributed by atoms with Gasteiger partial charge in [-0.05, 0) is 42.7 Å². The van der Waals surface area contributed by atoms with Crippen LogP contribution in [0.25, 0.3) is 11.1 Å². The van der Waals surface area contributed by atoms with Gasteiger partial charge >= 0.3 is 6.18 Å². The van der Waals surface area contributed by atoms with E-state index in [0.29, 0.717) is 6.42 Å². The fourth-order valence-electron chi connectivity index (χ4n) is 2.77. The Kier molecular flexibility index (Phi) is 5.30. The van der Waals surface area contributed by atoms with Gasteiger partial charge in [0.1, 0.15) is 5.76 Å². The van der Waals surface area contributed by atoms with Crippen LogP contribution in [0.15, 0.2) is 59.3 Å². The van der Waals surface area contributed by atoms with E-state index in [4.69, 9.17) is 4.42 Å². The molecule has 7 heteroatoms. The van der Waals surface area contributed by atoms with E-state index in [1.54, 1.807) is 6.26 Å². The lowest BCUT2D eigenvalue weighted by atomic mass is 10.0. The average Bonchev–Trinajstić information content (AvgIpc) is 3.07. The molecule has 0 atom stereocenters. The number of nitrogens with zero attached hydrogens (tertiary/aromatic N) is 1. The van der Waals surface area contributed by atoms with Crippen molar-refractivity contribution in [2.24, 2.45) is 0 Å². The molecule has 0 radical (unpaired) electrons. The molecule has 1 aromatic carbocycles. The lowest BCUT2D eigenvalue weighted by Gasteiger charge is -2.11. The molecule has 0 saturated heterocycles. The molecule has 0 unspecified atom stereocenters. The number of aromatic nitrogens is 1. The van der Waals surface area contributed by atoms with Crippen LogP contribution in [-0.4, -0.2) is 17.4 Å². The summed E-state index contributed by atoms with van der Waals surface area (Å²) in [5, 5.41) is 2.52. The molecular weight excluding hydrogens is 357 g/mol. The molecular formula is C20H17F3N2O2. The highest BCUT2D eigenvalue weighted by Crippen LogP contribution is 2.30. The van der Waals surface area contributed by atoms with Crippen molar-refractivity contribution in [3.8, 4) is 11.1 Å². The summed E-state index contributed by atoms with van der Waals surface area (Å²) in [5.74, 6) is 0.0352. The van der Waals surface area contributed by atoms with Crippen molar-refractivity contribution < 1.29 is 22.4 Å². The number of carbonyl (C=O) groups excluding carboxylic acids is 1. The van der Waals surface area contributed by atoms with Gasteiger partial charge in [-0.2, -0.15) is 13.2 Å². The third-order valence-electron chi connectivity index (χ3n) is 4.14. The number of carbonyl (C=O) groups is 1. The fraction of sp³-hybridized carbons (Fsp3) is 0.200. The van der Waals surface area contributed by atoms with Crippen LogP contribution in [0.1, 0.15) is 27.4 Å². The van der Waals surface area contributed by atoms with E-state index < -0.39 is 23.3 Å². The topological polar surface area (TPSA) is 55.1 Å². The van der Waals surface area contributed by atoms with E-state index >= 15 is 0 Å². The molecule has 27 heavy (non-hydrogen) atoms. The third kappa shape index (κ3) is 4.36. The van der Waals surface area contributed by atoms with Crippen LogP contribution in [0, 0.1) is 6.92 Å². The number of alkyl halides is 3. The second-order valence-corrected chi connectivity index (χ2v) is 5.99. The van der Waals surface area contributed by atoms with Crippen LogP contribution in [0.3, 0.4) is 0 Å². The van der Waals surface area contributed by atoms with Crippen LogP contribution < -0.4 is 5.32 Å². The maximum atomic E-state index is 12.9. The molecule has 0 aliphatic heterocycles. The molecule has 3 aromatic rings. The second-order valence-electron chi connectivity index (χ2n) is 5.99. The van der Waals surface area contributed by atoms with Gasteiger partial charge in [-0.1, -0.05) is 24.3 Å². The summed E-state index contributed by atoms with van der Waals surface area (Å²) in [7, 11) is 0. The Hall–Kier alpha value is -3.09. The Morgan fingerprint density at radius 1 is 1.15 bits per heavy atom. The molecule has 0 spiro atoms. The number of halogens is 3. The Bertz CT molecular complexity index is 931. The zero-order valence-electron chi connectivity index (χ0n) is 14.5. The minimum Gasteiger partial charge on any atom is -0.469 e. The maximum absolute atomic E-state index is 12.9. The van der Waals surface area contributed by atoms with Crippen molar-refractivity contribution in [1.29, 1.82) is 0 Å². The van der Waals surface area contributed by atoms with E-state index in [0.717, 1.165) is 34.7 Å². The number of hydrogen-bond acceptors (Lipinski definition) is 3. The molecule has 3 rings (SSSR count). The Labute approximate surface area is 154 Å². The third-order valence-corrected chi connectivity index (χ3v) is 4.14. The van der Waals surface area contributed by atoms with Crippen molar-refractivity contribution >= 4 is 5.91 Å². The fourth-order valence-corrected chi connectivity index (χ4v) is 2.77. The first-order valence-corrected chi connectivity index (χ1v) is 8.30. The first-order chi connectivity index (χ1) is 12.9. The molecule has 0 bridgehead atoms. The standard InChI is InChI=1S/C20H17F3N2O2/c1-13-16(9-12-27-13)15-6-4-14(5-7-15)8-11-25-19(26)17-3-2-10-24-18(17)20(21,22)23/h2-7,9-10,12H,8,11H2,1H3,(H,25,26). The minimum atomic E-state index is -4.67. The monoisotopic (exact) mass is 374 g/mol. The minimum absolute atomic E-state index is 0.217. The molecule has 1 amide bonds. The van der Waals surface area contributed by atoms with Gasteiger partial charge in [-0.3, -0.25) is 9.78 Å². The van der Waals surface area contributed by atoms with Crippen LogP contribution in [-0.2, 0) is 12.6 Å². The normalized spacial score (nSPS) is 11.4. The van der Waals surface area contributed by atoms with Gasteiger partial charge in [0, 0.05) is 18.3 Å². The smallest absolute Gasteiger partial charge is 0.434 e. The zero-order chi connectivity index (χ0) is 19.4. The van der Waals surface area contributed by atoms with Gasteiger partial charge in [0.2, 0.25) is 0 Å². The van der Waals surface area contributed by atoms with Crippen molar-refractivity contribution in [3.63, 3.8) is 0 Å². The van der Waals surface area contributed by atoms with Gasteiger partial charge < -0.3 is 9.73 Å². The summed E-state index contributed by atoms with van der Waals surface area (Å²) < 4.78 is 44.1. The second kappa shape index (κ2) is 7.65. The summed E-state index contributed by atoms with van der Waals surface area (Å²) in [5.41, 5.74) is 1.32. The number of amides is 1. The summed E-state index contributed by atoms with van der Waals surface area (Å²) in [6.45, 7) is 2.10. The quantitative estimate of drug-likeness (QED) is 0.708. The maximum Gasteiger partial charge on any atom is 0.434 e. The largest absolute Gasteiger partial charge is 0.469 e. The SMILES string of the molecule is Cc1occc1-c1ccc(CCNC(=O)c2cccnc2C(F)(F)F)cc1. The van der Waals surface area contributed by atoms with E-state index in [-0.39, 0.29) is 6.54 Å². The number of furan rings is 1. The van der Waals surface area contributed by atoms with Crippen molar-refractivity contribution in [2.75, 3.05) is 6.54 Å². The molecule has 140 valence electrons. The van der Waals surface area contributed by atoms with Gasteiger partial charge in [0.15, 0.2) is 5.69 Å². The average molecular weight is 374 g/mol.